The third-order valence-electron chi connectivity index (χ3n) is 4.16. The highest BCUT2D eigenvalue weighted by Gasteiger charge is 2.37. The maximum Gasteiger partial charge on any atom is 0.269 e. The van der Waals surface area contributed by atoms with Crippen molar-refractivity contribution >= 4 is 11.5 Å². The largest absolute Gasteiger partial charge is 0.299 e. The van der Waals surface area contributed by atoms with Crippen molar-refractivity contribution in [3.05, 3.63) is 39.9 Å². The average Bonchev–Trinajstić information content (AvgIpc) is 2.34. The molecule has 1 aliphatic rings. The number of carbonyl (C=O) groups is 1. The van der Waals surface area contributed by atoms with E-state index < -0.39 is 4.92 Å². The Hall–Kier alpha value is -1.71. The second-order valence-corrected chi connectivity index (χ2v) is 5.99. The molecule has 0 saturated heterocycles. The zero-order valence-corrected chi connectivity index (χ0v) is 11.4. The van der Waals surface area contributed by atoms with Crippen LogP contribution in [-0.4, -0.2) is 10.7 Å². The molecule has 1 aromatic rings. The molecule has 0 heterocycles. The Kier molecular flexibility index (Phi) is 3.69. The Morgan fingerprint density at radius 3 is 2.47 bits per heavy atom. The minimum atomic E-state index is -0.403. The van der Waals surface area contributed by atoms with Crippen LogP contribution in [0.2, 0.25) is 0 Å². The Bertz CT molecular complexity index is 491. The average molecular weight is 261 g/mol. The molecule has 1 atom stereocenters. The molecule has 0 spiro atoms. The minimum Gasteiger partial charge on any atom is -0.299 e. The molecule has 19 heavy (non-hydrogen) atoms. The molecule has 2 rings (SSSR count). The normalized spacial score (nSPS) is 22.2. The van der Waals surface area contributed by atoms with Crippen molar-refractivity contribution in [1.82, 2.24) is 0 Å². The van der Waals surface area contributed by atoms with Crippen LogP contribution < -0.4 is 0 Å². The smallest absolute Gasteiger partial charge is 0.269 e. The number of benzene rings is 1. The fraction of sp³-hybridized carbons (Fsp3) is 0.533. The van der Waals surface area contributed by atoms with Crippen molar-refractivity contribution in [2.45, 2.75) is 39.5 Å². The molecule has 1 aromatic carbocycles. The van der Waals surface area contributed by atoms with Crippen molar-refractivity contribution in [2.75, 3.05) is 0 Å². The van der Waals surface area contributed by atoms with Crippen molar-refractivity contribution in [3.63, 3.8) is 0 Å². The molecule has 0 bridgehead atoms. The van der Waals surface area contributed by atoms with E-state index >= 15 is 0 Å². The number of Topliss-reactive ketones (excluding diaryl/α,β-unsaturated/α-hetero) is 1. The third kappa shape index (κ3) is 3.00. The van der Waals surface area contributed by atoms with Crippen molar-refractivity contribution in [2.24, 2.45) is 11.3 Å². The number of carbonyl (C=O) groups excluding carboxylic acids is 1. The zero-order chi connectivity index (χ0) is 14.0. The molecule has 0 amide bonds. The molecule has 1 fully saturated rings. The van der Waals surface area contributed by atoms with Crippen LogP contribution in [0.5, 0.6) is 0 Å². The SMILES string of the molecule is CC1(C)CCCC(=O)C1Cc1ccc([N+](=O)[O-])cc1. The van der Waals surface area contributed by atoms with Gasteiger partial charge < -0.3 is 0 Å². The van der Waals surface area contributed by atoms with E-state index in [0.717, 1.165) is 18.4 Å². The summed E-state index contributed by atoms with van der Waals surface area (Å²) in [5.41, 5.74) is 1.12. The van der Waals surface area contributed by atoms with Crippen molar-refractivity contribution < 1.29 is 9.72 Å². The lowest BCUT2D eigenvalue weighted by Gasteiger charge is -2.37. The van der Waals surface area contributed by atoms with Gasteiger partial charge in [-0.05, 0) is 30.2 Å². The minimum absolute atomic E-state index is 0.0249. The van der Waals surface area contributed by atoms with Gasteiger partial charge in [-0.3, -0.25) is 14.9 Å². The van der Waals surface area contributed by atoms with E-state index in [0.29, 0.717) is 18.6 Å². The van der Waals surface area contributed by atoms with Crippen LogP contribution in [0.25, 0.3) is 0 Å². The number of nitro benzene ring substituents is 1. The van der Waals surface area contributed by atoms with E-state index in [4.69, 9.17) is 0 Å². The number of hydrogen-bond donors (Lipinski definition) is 0. The molecule has 0 radical (unpaired) electrons. The van der Waals surface area contributed by atoms with Crippen LogP contribution in [0.4, 0.5) is 5.69 Å². The third-order valence-corrected chi connectivity index (χ3v) is 4.16. The Morgan fingerprint density at radius 2 is 1.95 bits per heavy atom. The number of nitro groups is 1. The van der Waals surface area contributed by atoms with E-state index in [9.17, 15) is 14.9 Å². The summed E-state index contributed by atoms with van der Waals surface area (Å²) in [4.78, 5) is 22.3. The second-order valence-electron chi connectivity index (χ2n) is 5.99. The topological polar surface area (TPSA) is 60.2 Å². The fourth-order valence-corrected chi connectivity index (χ4v) is 2.88. The molecule has 0 aromatic heterocycles. The summed E-state index contributed by atoms with van der Waals surface area (Å²) in [6.45, 7) is 4.28. The molecule has 1 unspecified atom stereocenters. The van der Waals surface area contributed by atoms with Crippen LogP contribution in [0, 0.1) is 21.4 Å². The van der Waals surface area contributed by atoms with Gasteiger partial charge in [0.2, 0.25) is 0 Å². The van der Waals surface area contributed by atoms with Gasteiger partial charge in [0, 0.05) is 24.5 Å². The first-order valence-electron chi connectivity index (χ1n) is 6.66. The number of rotatable bonds is 3. The monoisotopic (exact) mass is 261 g/mol. The molecule has 0 aliphatic heterocycles. The van der Waals surface area contributed by atoms with Gasteiger partial charge >= 0.3 is 0 Å². The van der Waals surface area contributed by atoms with Gasteiger partial charge in [-0.2, -0.15) is 0 Å². The van der Waals surface area contributed by atoms with Gasteiger partial charge in [0.05, 0.1) is 4.92 Å². The van der Waals surface area contributed by atoms with E-state index in [1.807, 2.05) is 0 Å². The molecule has 102 valence electrons. The quantitative estimate of drug-likeness (QED) is 0.617. The van der Waals surface area contributed by atoms with Crippen LogP contribution >= 0.6 is 0 Å². The Labute approximate surface area is 113 Å². The highest BCUT2D eigenvalue weighted by Crippen LogP contribution is 2.40. The zero-order valence-electron chi connectivity index (χ0n) is 11.4. The lowest BCUT2D eigenvalue weighted by atomic mass is 9.66. The predicted molar refractivity (Wildman–Crippen MR) is 72.9 cm³/mol. The van der Waals surface area contributed by atoms with E-state index in [1.54, 1.807) is 12.1 Å². The summed E-state index contributed by atoms with van der Waals surface area (Å²) in [6.07, 6.45) is 3.39. The van der Waals surface area contributed by atoms with E-state index in [-0.39, 0.29) is 17.0 Å². The molecule has 1 saturated carbocycles. The summed E-state index contributed by atoms with van der Waals surface area (Å²) in [5, 5.41) is 10.6. The maximum absolute atomic E-state index is 12.1. The van der Waals surface area contributed by atoms with Gasteiger partial charge in [0.15, 0.2) is 0 Å². The number of non-ortho nitro benzene ring substituents is 1. The summed E-state index contributed by atoms with van der Waals surface area (Å²) in [6, 6.07) is 6.54. The van der Waals surface area contributed by atoms with Crippen LogP contribution in [-0.2, 0) is 11.2 Å². The fourth-order valence-electron chi connectivity index (χ4n) is 2.88. The lowest BCUT2D eigenvalue weighted by Crippen LogP contribution is -2.36. The molecular formula is C15H19NO3. The first kappa shape index (κ1) is 13.7. The molecule has 0 N–H and O–H groups in total. The lowest BCUT2D eigenvalue weighted by molar-refractivity contribution is -0.384. The predicted octanol–water partition coefficient (Wildman–Crippen LogP) is 3.53. The summed E-state index contributed by atoms with van der Waals surface area (Å²) in [5.74, 6) is 0.359. The van der Waals surface area contributed by atoms with Gasteiger partial charge in [-0.1, -0.05) is 26.0 Å². The summed E-state index contributed by atoms with van der Waals surface area (Å²) < 4.78 is 0. The molecule has 4 heteroatoms. The number of nitrogens with zero attached hydrogens (tertiary/aromatic N) is 1. The summed E-state index contributed by atoms with van der Waals surface area (Å²) >= 11 is 0. The highest BCUT2D eigenvalue weighted by molar-refractivity contribution is 5.82. The highest BCUT2D eigenvalue weighted by atomic mass is 16.6. The van der Waals surface area contributed by atoms with Crippen molar-refractivity contribution in [3.8, 4) is 0 Å². The van der Waals surface area contributed by atoms with Crippen LogP contribution in [0.3, 0.4) is 0 Å². The van der Waals surface area contributed by atoms with Crippen molar-refractivity contribution in [1.29, 1.82) is 0 Å². The molecule has 4 nitrogen and oxygen atoms in total. The Balaban J connectivity index is 2.15. The van der Waals surface area contributed by atoms with Gasteiger partial charge in [-0.15, -0.1) is 0 Å². The first-order valence-corrected chi connectivity index (χ1v) is 6.66. The summed E-state index contributed by atoms with van der Waals surface area (Å²) in [7, 11) is 0. The number of ketones is 1. The standard InChI is InChI=1S/C15H19NO3/c1-15(2)9-3-4-14(17)13(15)10-11-5-7-12(8-6-11)16(18)19/h5-8,13H,3-4,9-10H2,1-2H3. The van der Waals surface area contributed by atoms with Crippen LogP contribution in [0.1, 0.15) is 38.7 Å². The van der Waals surface area contributed by atoms with E-state index in [1.165, 1.54) is 12.1 Å². The van der Waals surface area contributed by atoms with Gasteiger partial charge in [-0.25, -0.2) is 0 Å². The first-order chi connectivity index (χ1) is 8.90. The second kappa shape index (κ2) is 5.11. The Morgan fingerprint density at radius 1 is 1.32 bits per heavy atom. The van der Waals surface area contributed by atoms with Gasteiger partial charge in [0.25, 0.3) is 5.69 Å². The van der Waals surface area contributed by atoms with Gasteiger partial charge in [0.1, 0.15) is 5.78 Å². The number of hydrogen-bond acceptors (Lipinski definition) is 3. The molecule has 1 aliphatic carbocycles. The van der Waals surface area contributed by atoms with Crippen LogP contribution in [0.15, 0.2) is 24.3 Å². The maximum atomic E-state index is 12.1. The van der Waals surface area contributed by atoms with E-state index in [2.05, 4.69) is 13.8 Å². The molecular weight excluding hydrogens is 242 g/mol.